The van der Waals surface area contributed by atoms with Crippen LogP contribution < -0.4 is 5.32 Å². The molecule has 2 atom stereocenters. The third-order valence-corrected chi connectivity index (χ3v) is 5.08. The van der Waals surface area contributed by atoms with E-state index in [1.54, 1.807) is 11.3 Å². The van der Waals surface area contributed by atoms with Crippen LogP contribution in [0.1, 0.15) is 43.9 Å². The second kappa shape index (κ2) is 5.68. The molecule has 0 radical (unpaired) electrons. The Labute approximate surface area is 114 Å². The second-order valence-electron chi connectivity index (χ2n) is 5.70. The lowest BCUT2D eigenvalue weighted by Crippen LogP contribution is -2.48. The van der Waals surface area contributed by atoms with Gasteiger partial charge >= 0.3 is 0 Å². The lowest BCUT2D eigenvalue weighted by Gasteiger charge is -2.37. The van der Waals surface area contributed by atoms with Gasteiger partial charge in [0, 0.05) is 35.7 Å². The predicted molar refractivity (Wildman–Crippen MR) is 75.8 cm³/mol. The summed E-state index contributed by atoms with van der Waals surface area (Å²) in [6.07, 6.45) is 8.75. The Morgan fingerprint density at radius 2 is 2.17 bits per heavy atom. The molecule has 0 aliphatic carbocycles. The van der Waals surface area contributed by atoms with Gasteiger partial charge in [0.1, 0.15) is 0 Å². The molecule has 0 spiro atoms. The van der Waals surface area contributed by atoms with Gasteiger partial charge in [-0.3, -0.25) is 9.88 Å². The van der Waals surface area contributed by atoms with E-state index < -0.39 is 0 Å². The first-order valence-corrected chi connectivity index (χ1v) is 8.10. The number of aromatic nitrogens is 1. The summed E-state index contributed by atoms with van der Waals surface area (Å²) in [6, 6.07) is 2.36. The predicted octanol–water partition coefficient (Wildman–Crippen LogP) is 2.64. The fourth-order valence-electron chi connectivity index (χ4n) is 3.52. The Bertz CT molecular complexity index is 353. The maximum atomic E-state index is 4.20. The minimum absolute atomic E-state index is 0.783. The molecule has 2 saturated heterocycles. The summed E-state index contributed by atoms with van der Waals surface area (Å²) in [5, 5.41) is 3.74. The Morgan fingerprint density at radius 1 is 1.39 bits per heavy atom. The first-order chi connectivity index (χ1) is 8.85. The van der Waals surface area contributed by atoms with Crippen molar-refractivity contribution >= 4 is 11.3 Å². The average molecular weight is 265 g/mol. The Balaban J connectivity index is 1.65. The number of rotatable bonds is 5. The topological polar surface area (TPSA) is 28.2 Å². The van der Waals surface area contributed by atoms with Crippen molar-refractivity contribution in [3.8, 4) is 0 Å². The third kappa shape index (κ3) is 2.76. The lowest BCUT2D eigenvalue weighted by atomic mass is 9.98. The number of thiazole rings is 1. The molecule has 0 aromatic carbocycles. The van der Waals surface area contributed by atoms with Gasteiger partial charge in [-0.15, -0.1) is 11.3 Å². The third-order valence-electron chi connectivity index (χ3n) is 4.32. The summed E-state index contributed by atoms with van der Waals surface area (Å²) in [7, 11) is 0. The van der Waals surface area contributed by atoms with Crippen LogP contribution in [0.5, 0.6) is 0 Å². The van der Waals surface area contributed by atoms with Crippen molar-refractivity contribution in [1.29, 1.82) is 0 Å². The molecular formula is C14H23N3S. The minimum Gasteiger partial charge on any atom is -0.311 e. The Morgan fingerprint density at radius 3 is 2.78 bits per heavy atom. The van der Waals surface area contributed by atoms with Crippen molar-refractivity contribution in [3.05, 3.63) is 16.6 Å². The molecule has 3 rings (SSSR count). The highest BCUT2D eigenvalue weighted by atomic mass is 32.1. The van der Waals surface area contributed by atoms with Crippen molar-refractivity contribution in [1.82, 2.24) is 15.2 Å². The molecule has 2 aliphatic rings. The zero-order chi connectivity index (χ0) is 12.4. The van der Waals surface area contributed by atoms with E-state index in [4.69, 9.17) is 0 Å². The molecule has 1 N–H and O–H groups in total. The molecule has 1 aromatic rings. The standard InChI is InChI=1S/C14H23N3S/c1-2-5-17(9-14-8-15-10-18-14)13-6-11-3-4-12(7-13)16-11/h8,10-13,16H,2-7,9H2,1H3. The van der Waals surface area contributed by atoms with E-state index in [-0.39, 0.29) is 0 Å². The summed E-state index contributed by atoms with van der Waals surface area (Å²) in [5.41, 5.74) is 1.95. The van der Waals surface area contributed by atoms with Crippen molar-refractivity contribution in [2.24, 2.45) is 0 Å². The van der Waals surface area contributed by atoms with Gasteiger partial charge in [0.25, 0.3) is 0 Å². The number of nitrogens with zero attached hydrogens (tertiary/aromatic N) is 2. The zero-order valence-electron chi connectivity index (χ0n) is 11.1. The van der Waals surface area contributed by atoms with E-state index >= 15 is 0 Å². The molecule has 2 aliphatic heterocycles. The van der Waals surface area contributed by atoms with Crippen molar-refractivity contribution in [3.63, 3.8) is 0 Å². The van der Waals surface area contributed by atoms with Gasteiger partial charge in [0.15, 0.2) is 0 Å². The normalized spacial score (nSPS) is 31.1. The minimum atomic E-state index is 0.783. The molecule has 2 bridgehead atoms. The van der Waals surface area contributed by atoms with Crippen LogP contribution in [0.3, 0.4) is 0 Å². The van der Waals surface area contributed by atoms with E-state index in [9.17, 15) is 0 Å². The van der Waals surface area contributed by atoms with Gasteiger partial charge < -0.3 is 5.32 Å². The van der Waals surface area contributed by atoms with E-state index in [0.29, 0.717) is 0 Å². The molecule has 1 aromatic heterocycles. The van der Waals surface area contributed by atoms with Gasteiger partial charge in [0.05, 0.1) is 5.51 Å². The highest BCUT2D eigenvalue weighted by molar-refractivity contribution is 7.09. The molecule has 18 heavy (non-hydrogen) atoms. The summed E-state index contributed by atoms with van der Waals surface area (Å²) in [4.78, 5) is 8.31. The summed E-state index contributed by atoms with van der Waals surface area (Å²) in [5.74, 6) is 0. The van der Waals surface area contributed by atoms with E-state index in [1.165, 1.54) is 43.5 Å². The summed E-state index contributed by atoms with van der Waals surface area (Å²) < 4.78 is 0. The van der Waals surface area contributed by atoms with Crippen LogP contribution >= 0.6 is 11.3 Å². The highest BCUT2D eigenvalue weighted by Crippen LogP contribution is 2.30. The number of piperidine rings is 1. The van der Waals surface area contributed by atoms with E-state index in [2.05, 4.69) is 22.1 Å². The first kappa shape index (κ1) is 12.6. The highest BCUT2D eigenvalue weighted by Gasteiger charge is 2.35. The van der Waals surface area contributed by atoms with Gasteiger partial charge in [-0.25, -0.2) is 0 Å². The van der Waals surface area contributed by atoms with Gasteiger partial charge in [-0.2, -0.15) is 0 Å². The zero-order valence-corrected chi connectivity index (χ0v) is 12.0. The second-order valence-corrected chi connectivity index (χ2v) is 6.67. The van der Waals surface area contributed by atoms with Crippen LogP contribution in [0.2, 0.25) is 0 Å². The fourth-order valence-corrected chi connectivity index (χ4v) is 4.14. The summed E-state index contributed by atoms with van der Waals surface area (Å²) in [6.45, 7) is 4.61. The smallest absolute Gasteiger partial charge is 0.0794 e. The molecule has 4 heteroatoms. The first-order valence-electron chi connectivity index (χ1n) is 7.22. The van der Waals surface area contributed by atoms with Crippen LogP contribution in [-0.4, -0.2) is 34.6 Å². The van der Waals surface area contributed by atoms with Crippen molar-refractivity contribution < 1.29 is 0 Å². The van der Waals surface area contributed by atoms with Crippen LogP contribution in [0.25, 0.3) is 0 Å². The van der Waals surface area contributed by atoms with E-state index in [1.807, 2.05) is 11.7 Å². The maximum Gasteiger partial charge on any atom is 0.0794 e. The van der Waals surface area contributed by atoms with E-state index in [0.717, 1.165) is 24.7 Å². The number of hydrogen-bond donors (Lipinski definition) is 1. The molecule has 0 amide bonds. The largest absolute Gasteiger partial charge is 0.311 e. The molecule has 2 fully saturated rings. The number of fused-ring (bicyclic) bond motifs is 2. The Kier molecular flexibility index (Phi) is 3.97. The molecule has 2 unspecified atom stereocenters. The molecule has 100 valence electrons. The van der Waals surface area contributed by atoms with Crippen LogP contribution in [-0.2, 0) is 6.54 Å². The van der Waals surface area contributed by atoms with Crippen molar-refractivity contribution in [2.45, 2.75) is 63.7 Å². The lowest BCUT2D eigenvalue weighted by molar-refractivity contribution is 0.135. The molecular weight excluding hydrogens is 242 g/mol. The van der Waals surface area contributed by atoms with Gasteiger partial charge in [0.2, 0.25) is 0 Å². The molecule has 3 nitrogen and oxygen atoms in total. The average Bonchev–Trinajstić information content (AvgIpc) is 2.99. The molecule has 3 heterocycles. The Hall–Kier alpha value is -0.450. The van der Waals surface area contributed by atoms with Crippen LogP contribution in [0, 0.1) is 0 Å². The fraction of sp³-hybridized carbons (Fsp3) is 0.786. The monoisotopic (exact) mass is 265 g/mol. The quantitative estimate of drug-likeness (QED) is 0.887. The number of hydrogen-bond acceptors (Lipinski definition) is 4. The SMILES string of the molecule is CCCN(Cc1cncs1)C1CC2CCC(C1)N2. The molecule has 0 saturated carbocycles. The summed E-state index contributed by atoms with van der Waals surface area (Å²) >= 11 is 1.79. The van der Waals surface area contributed by atoms with Crippen LogP contribution in [0.4, 0.5) is 0 Å². The van der Waals surface area contributed by atoms with Gasteiger partial charge in [-0.05, 0) is 38.6 Å². The maximum absolute atomic E-state index is 4.20. The van der Waals surface area contributed by atoms with Gasteiger partial charge in [-0.1, -0.05) is 6.92 Å². The van der Waals surface area contributed by atoms with Crippen LogP contribution in [0.15, 0.2) is 11.7 Å². The number of nitrogens with one attached hydrogen (secondary N) is 1. The van der Waals surface area contributed by atoms with Crippen molar-refractivity contribution in [2.75, 3.05) is 6.54 Å².